The van der Waals surface area contributed by atoms with Gasteiger partial charge in [0, 0.05) is 12.5 Å². The number of aliphatic carboxylic acids is 1. The first-order valence-electron chi connectivity index (χ1n) is 8.39. The minimum absolute atomic E-state index is 0.0292. The van der Waals surface area contributed by atoms with Crippen LogP contribution in [0.3, 0.4) is 0 Å². The lowest BCUT2D eigenvalue weighted by molar-refractivity contribution is -0.187. The lowest BCUT2D eigenvalue weighted by atomic mass is 9.80. The normalized spacial score (nSPS) is 37.7. The Hall–Kier alpha value is -1.27. The molecule has 0 radical (unpaired) electrons. The van der Waals surface area contributed by atoms with E-state index in [1.54, 1.807) is 0 Å². The second-order valence-corrected chi connectivity index (χ2v) is 7.23. The summed E-state index contributed by atoms with van der Waals surface area (Å²) in [4.78, 5) is 25.7. The van der Waals surface area contributed by atoms with Crippen LogP contribution in [0.15, 0.2) is 0 Å². The number of halogens is 3. The fourth-order valence-electron chi connectivity index (χ4n) is 4.79. The van der Waals surface area contributed by atoms with Gasteiger partial charge in [0.05, 0.1) is 5.92 Å². The summed E-state index contributed by atoms with van der Waals surface area (Å²) in [5.41, 5.74) is 0. The van der Waals surface area contributed by atoms with Crippen molar-refractivity contribution < 1.29 is 27.9 Å². The van der Waals surface area contributed by atoms with E-state index in [2.05, 4.69) is 0 Å². The molecule has 5 unspecified atom stereocenters. The van der Waals surface area contributed by atoms with Gasteiger partial charge in [-0.2, -0.15) is 13.2 Å². The number of hydrogen-bond donors (Lipinski definition) is 1. The summed E-state index contributed by atoms with van der Waals surface area (Å²) in [6.45, 7) is 0.396. The van der Waals surface area contributed by atoms with Gasteiger partial charge in [-0.1, -0.05) is 12.8 Å². The number of nitrogens with zero attached hydrogens (tertiary/aromatic N) is 1. The summed E-state index contributed by atoms with van der Waals surface area (Å²) in [7, 11) is 0. The third-order valence-corrected chi connectivity index (χ3v) is 5.91. The summed E-state index contributed by atoms with van der Waals surface area (Å²) >= 11 is 0. The van der Waals surface area contributed by atoms with Crippen LogP contribution >= 0.6 is 0 Å². The molecular weight excluding hydrogens is 311 g/mol. The standard InChI is InChI=1S/C16H22F3NO3/c17-16(18,19)11-5-1-3-9(7-11)14(21)20-8-10-4-2-6-12(10)13(20)15(22)23/h9-13H,1-8H2,(H,22,23). The maximum absolute atomic E-state index is 12.9. The summed E-state index contributed by atoms with van der Waals surface area (Å²) in [5, 5.41) is 9.49. The Bertz CT molecular complexity index is 493. The van der Waals surface area contributed by atoms with Crippen LogP contribution < -0.4 is 0 Å². The van der Waals surface area contributed by atoms with Crippen molar-refractivity contribution in [2.24, 2.45) is 23.7 Å². The highest BCUT2D eigenvalue weighted by atomic mass is 19.4. The number of hydrogen-bond acceptors (Lipinski definition) is 2. The van der Waals surface area contributed by atoms with E-state index in [-0.39, 0.29) is 30.6 Å². The number of rotatable bonds is 2. The van der Waals surface area contributed by atoms with Gasteiger partial charge >= 0.3 is 12.1 Å². The summed E-state index contributed by atoms with van der Waals surface area (Å²) in [6.07, 6.45) is -0.910. The van der Waals surface area contributed by atoms with Gasteiger partial charge < -0.3 is 10.0 Å². The Morgan fingerprint density at radius 3 is 2.39 bits per heavy atom. The average Bonchev–Trinajstić information content (AvgIpc) is 3.05. The first-order valence-corrected chi connectivity index (χ1v) is 8.39. The lowest BCUT2D eigenvalue weighted by Crippen LogP contribution is -2.47. The zero-order valence-corrected chi connectivity index (χ0v) is 12.9. The number of carbonyl (C=O) groups excluding carboxylic acids is 1. The van der Waals surface area contributed by atoms with Crippen molar-refractivity contribution in [2.75, 3.05) is 6.54 Å². The monoisotopic (exact) mass is 333 g/mol. The number of carbonyl (C=O) groups is 2. The Morgan fingerprint density at radius 2 is 1.74 bits per heavy atom. The maximum Gasteiger partial charge on any atom is 0.391 e. The predicted octanol–water partition coefficient (Wildman–Crippen LogP) is 3.07. The van der Waals surface area contributed by atoms with Crippen molar-refractivity contribution in [3.63, 3.8) is 0 Å². The highest BCUT2D eigenvalue weighted by Gasteiger charge is 2.51. The molecule has 1 saturated heterocycles. The van der Waals surface area contributed by atoms with E-state index >= 15 is 0 Å². The average molecular weight is 333 g/mol. The highest BCUT2D eigenvalue weighted by Crippen LogP contribution is 2.45. The molecule has 0 bridgehead atoms. The van der Waals surface area contributed by atoms with Crippen LogP contribution in [0.25, 0.3) is 0 Å². The molecule has 1 heterocycles. The quantitative estimate of drug-likeness (QED) is 0.845. The van der Waals surface area contributed by atoms with E-state index in [4.69, 9.17) is 0 Å². The predicted molar refractivity (Wildman–Crippen MR) is 75.5 cm³/mol. The smallest absolute Gasteiger partial charge is 0.391 e. The molecule has 3 fully saturated rings. The van der Waals surface area contributed by atoms with Crippen LogP contribution in [0.1, 0.15) is 44.9 Å². The first-order chi connectivity index (χ1) is 10.8. The largest absolute Gasteiger partial charge is 0.480 e. The molecule has 3 aliphatic rings. The fraction of sp³-hybridized carbons (Fsp3) is 0.875. The molecule has 23 heavy (non-hydrogen) atoms. The van der Waals surface area contributed by atoms with Crippen molar-refractivity contribution in [3.8, 4) is 0 Å². The molecule has 0 aromatic carbocycles. The molecule has 2 aliphatic carbocycles. The third-order valence-electron chi connectivity index (χ3n) is 5.91. The van der Waals surface area contributed by atoms with Gasteiger partial charge in [-0.25, -0.2) is 4.79 Å². The van der Waals surface area contributed by atoms with Gasteiger partial charge in [-0.15, -0.1) is 0 Å². The van der Waals surface area contributed by atoms with Crippen LogP contribution in [0.4, 0.5) is 13.2 Å². The van der Waals surface area contributed by atoms with Gasteiger partial charge in [0.1, 0.15) is 6.04 Å². The number of carboxylic acids is 1. The molecule has 1 aliphatic heterocycles. The van der Waals surface area contributed by atoms with Crippen LogP contribution in [0.2, 0.25) is 0 Å². The van der Waals surface area contributed by atoms with Crippen molar-refractivity contribution in [1.29, 1.82) is 0 Å². The van der Waals surface area contributed by atoms with Gasteiger partial charge in [0.25, 0.3) is 0 Å². The minimum atomic E-state index is -4.27. The molecule has 130 valence electrons. The fourth-order valence-corrected chi connectivity index (χ4v) is 4.79. The second kappa shape index (κ2) is 5.98. The number of amides is 1. The summed E-state index contributed by atoms with van der Waals surface area (Å²) in [6, 6.07) is -0.846. The lowest BCUT2D eigenvalue weighted by Gasteiger charge is -2.34. The second-order valence-electron chi connectivity index (χ2n) is 7.23. The van der Waals surface area contributed by atoms with Crippen LogP contribution in [-0.4, -0.2) is 40.6 Å². The van der Waals surface area contributed by atoms with Crippen molar-refractivity contribution in [2.45, 2.75) is 57.2 Å². The van der Waals surface area contributed by atoms with Crippen LogP contribution in [-0.2, 0) is 9.59 Å². The summed E-state index contributed by atoms with van der Waals surface area (Å²) < 4.78 is 38.8. The molecule has 1 N–H and O–H groups in total. The molecule has 0 aromatic rings. The third kappa shape index (κ3) is 3.06. The van der Waals surface area contributed by atoms with E-state index in [0.717, 1.165) is 19.3 Å². The van der Waals surface area contributed by atoms with E-state index in [9.17, 15) is 27.9 Å². The Labute approximate surface area is 133 Å². The first kappa shape index (κ1) is 16.6. The molecule has 7 heteroatoms. The van der Waals surface area contributed by atoms with Crippen molar-refractivity contribution >= 4 is 11.9 Å². The zero-order chi connectivity index (χ0) is 16.8. The minimum Gasteiger partial charge on any atom is -0.480 e. The number of likely N-dealkylation sites (tertiary alicyclic amines) is 1. The molecule has 2 saturated carbocycles. The molecule has 3 rings (SSSR count). The van der Waals surface area contributed by atoms with Gasteiger partial charge in [-0.05, 0) is 43.9 Å². The number of fused-ring (bicyclic) bond motifs is 1. The van der Waals surface area contributed by atoms with E-state index < -0.39 is 30.0 Å². The molecule has 5 atom stereocenters. The zero-order valence-electron chi connectivity index (χ0n) is 12.9. The van der Waals surface area contributed by atoms with E-state index in [1.807, 2.05) is 0 Å². The van der Waals surface area contributed by atoms with Crippen LogP contribution in [0, 0.1) is 23.7 Å². The van der Waals surface area contributed by atoms with Crippen molar-refractivity contribution in [3.05, 3.63) is 0 Å². The van der Waals surface area contributed by atoms with Crippen LogP contribution in [0.5, 0.6) is 0 Å². The van der Waals surface area contributed by atoms with E-state index in [1.165, 1.54) is 4.90 Å². The topological polar surface area (TPSA) is 57.6 Å². The van der Waals surface area contributed by atoms with Crippen molar-refractivity contribution in [1.82, 2.24) is 4.90 Å². The SMILES string of the molecule is O=C(O)C1C2CCCC2CN1C(=O)C1CCCC(C(F)(F)F)C1. The van der Waals surface area contributed by atoms with Gasteiger partial charge in [0.2, 0.25) is 5.91 Å². The van der Waals surface area contributed by atoms with E-state index in [0.29, 0.717) is 19.4 Å². The molecule has 4 nitrogen and oxygen atoms in total. The maximum atomic E-state index is 12.9. The summed E-state index contributed by atoms with van der Waals surface area (Å²) in [5.74, 6) is -3.34. The number of alkyl halides is 3. The Balaban J connectivity index is 1.73. The molecule has 0 aromatic heterocycles. The van der Waals surface area contributed by atoms with Gasteiger partial charge in [-0.3, -0.25) is 4.79 Å². The molecule has 0 spiro atoms. The Morgan fingerprint density at radius 1 is 1.04 bits per heavy atom. The molecular formula is C16H22F3NO3. The molecule has 1 amide bonds. The highest BCUT2D eigenvalue weighted by molar-refractivity contribution is 5.86. The van der Waals surface area contributed by atoms with Gasteiger partial charge in [0.15, 0.2) is 0 Å². The number of carboxylic acid groups (broad SMARTS) is 1. The Kier molecular flexibility index (Phi) is 4.31.